The van der Waals surface area contributed by atoms with Gasteiger partial charge in [-0.15, -0.1) is 5.10 Å². The number of benzene rings is 1. The highest BCUT2D eigenvalue weighted by molar-refractivity contribution is 5.53. The maximum absolute atomic E-state index is 11.0. The number of aromatic nitrogens is 3. The monoisotopic (exact) mass is 261 g/mol. The summed E-state index contributed by atoms with van der Waals surface area (Å²) < 4.78 is 1.44. The van der Waals surface area contributed by atoms with E-state index in [4.69, 9.17) is 5.73 Å². The Morgan fingerprint density at radius 1 is 1.47 bits per heavy atom. The molecule has 0 atom stereocenters. The highest BCUT2D eigenvalue weighted by Crippen LogP contribution is 2.23. The molecule has 1 aromatic carbocycles. The summed E-state index contributed by atoms with van der Waals surface area (Å²) in [5.74, 6) is 0. The van der Waals surface area contributed by atoms with E-state index < -0.39 is 4.92 Å². The lowest BCUT2D eigenvalue weighted by Gasteiger charge is -2.02. The van der Waals surface area contributed by atoms with Crippen LogP contribution >= 0.6 is 0 Å². The Bertz CT molecular complexity index is 594. The van der Waals surface area contributed by atoms with Gasteiger partial charge in [-0.1, -0.05) is 11.3 Å². The lowest BCUT2D eigenvalue weighted by Crippen LogP contribution is -2.01. The summed E-state index contributed by atoms with van der Waals surface area (Å²) in [5, 5.41) is 19.0. The van der Waals surface area contributed by atoms with E-state index >= 15 is 0 Å². The van der Waals surface area contributed by atoms with Gasteiger partial charge in [-0.2, -0.15) is 0 Å². The van der Waals surface area contributed by atoms with Gasteiger partial charge in [0.25, 0.3) is 5.69 Å². The SMILES string of the molecule is Cc1ccc([N+](=O)[O-])c(-n2cc(CCCN)nn2)c1. The van der Waals surface area contributed by atoms with Crippen LogP contribution in [0.2, 0.25) is 0 Å². The van der Waals surface area contributed by atoms with Gasteiger partial charge in [0.2, 0.25) is 0 Å². The normalized spacial score (nSPS) is 10.6. The highest BCUT2D eigenvalue weighted by Gasteiger charge is 2.16. The van der Waals surface area contributed by atoms with Gasteiger partial charge in [0, 0.05) is 6.07 Å². The summed E-state index contributed by atoms with van der Waals surface area (Å²) >= 11 is 0. The minimum atomic E-state index is -0.421. The number of nitro benzene ring substituents is 1. The first-order valence-electron chi connectivity index (χ1n) is 5.98. The third-order valence-corrected chi connectivity index (χ3v) is 2.75. The van der Waals surface area contributed by atoms with Gasteiger partial charge >= 0.3 is 0 Å². The van der Waals surface area contributed by atoms with Crippen molar-refractivity contribution in [2.24, 2.45) is 5.73 Å². The van der Waals surface area contributed by atoms with E-state index in [0.717, 1.165) is 24.1 Å². The number of rotatable bonds is 5. The molecule has 0 aliphatic heterocycles. The Labute approximate surface area is 110 Å². The lowest BCUT2D eigenvalue weighted by atomic mass is 10.2. The third-order valence-electron chi connectivity index (χ3n) is 2.75. The number of nitrogens with two attached hydrogens (primary N) is 1. The number of hydrogen-bond donors (Lipinski definition) is 1. The summed E-state index contributed by atoms with van der Waals surface area (Å²) in [6, 6.07) is 4.90. The standard InChI is InChI=1S/C12H15N5O2/c1-9-4-5-11(17(18)19)12(7-9)16-8-10(14-15-16)3-2-6-13/h4-5,7-8H,2-3,6,13H2,1H3. The largest absolute Gasteiger partial charge is 0.330 e. The molecule has 7 nitrogen and oxygen atoms in total. The first kappa shape index (κ1) is 13.2. The summed E-state index contributed by atoms with van der Waals surface area (Å²) in [7, 11) is 0. The molecule has 2 N–H and O–H groups in total. The predicted molar refractivity (Wildman–Crippen MR) is 70.1 cm³/mol. The second kappa shape index (κ2) is 5.57. The predicted octanol–water partition coefficient (Wildman–Crippen LogP) is 1.38. The summed E-state index contributed by atoms with van der Waals surface area (Å²) in [5.41, 5.74) is 7.58. The Balaban J connectivity index is 2.37. The number of aryl methyl sites for hydroxylation is 2. The third kappa shape index (κ3) is 2.94. The fraction of sp³-hybridized carbons (Fsp3) is 0.333. The number of hydrogen-bond acceptors (Lipinski definition) is 5. The van der Waals surface area contributed by atoms with Crippen molar-refractivity contribution in [1.82, 2.24) is 15.0 Å². The van der Waals surface area contributed by atoms with E-state index in [1.807, 2.05) is 6.92 Å². The van der Waals surface area contributed by atoms with Crippen molar-refractivity contribution < 1.29 is 4.92 Å². The molecule has 0 unspecified atom stereocenters. The molecule has 0 saturated heterocycles. The molecule has 19 heavy (non-hydrogen) atoms. The van der Waals surface area contributed by atoms with Gasteiger partial charge in [0.15, 0.2) is 0 Å². The zero-order chi connectivity index (χ0) is 13.8. The second-order valence-corrected chi connectivity index (χ2v) is 4.30. The van der Waals surface area contributed by atoms with Crippen LogP contribution in [0.15, 0.2) is 24.4 Å². The molecule has 0 spiro atoms. The smallest absolute Gasteiger partial charge is 0.294 e. The highest BCUT2D eigenvalue weighted by atomic mass is 16.6. The van der Waals surface area contributed by atoms with Crippen LogP contribution in [0, 0.1) is 17.0 Å². The van der Waals surface area contributed by atoms with Gasteiger partial charge < -0.3 is 5.73 Å². The van der Waals surface area contributed by atoms with Crippen molar-refractivity contribution in [2.75, 3.05) is 6.54 Å². The van der Waals surface area contributed by atoms with Crippen LogP contribution in [0.5, 0.6) is 0 Å². The topological polar surface area (TPSA) is 99.9 Å². The van der Waals surface area contributed by atoms with Crippen LogP contribution < -0.4 is 5.73 Å². The van der Waals surface area contributed by atoms with Crippen molar-refractivity contribution in [1.29, 1.82) is 0 Å². The molecule has 0 aliphatic carbocycles. The summed E-state index contributed by atoms with van der Waals surface area (Å²) in [4.78, 5) is 10.6. The molecule has 100 valence electrons. The molecule has 0 amide bonds. The van der Waals surface area contributed by atoms with Crippen LogP contribution in [-0.2, 0) is 6.42 Å². The first-order chi connectivity index (χ1) is 9.11. The minimum Gasteiger partial charge on any atom is -0.330 e. The molecule has 1 aromatic heterocycles. The van der Waals surface area contributed by atoms with Gasteiger partial charge in [-0.05, 0) is 37.9 Å². The first-order valence-corrected chi connectivity index (χ1v) is 5.98. The Morgan fingerprint density at radius 3 is 2.95 bits per heavy atom. The molecule has 7 heteroatoms. The molecule has 0 aliphatic rings. The molecule has 2 rings (SSSR count). The van der Waals surface area contributed by atoms with E-state index in [1.165, 1.54) is 10.7 Å². The average Bonchev–Trinajstić information content (AvgIpc) is 2.84. The molecule has 0 fully saturated rings. The molecule has 2 aromatic rings. The van der Waals surface area contributed by atoms with Crippen molar-refractivity contribution in [2.45, 2.75) is 19.8 Å². The maximum Gasteiger partial charge on any atom is 0.294 e. The Hall–Kier alpha value is -2.28. The molecule has 0 bridgehead atoms. The van der Waals surface area contributed by atoms with Gasteiger partial charge in [0.1, 0.15) is 5.69 Å². The molecule has 0 radical (unpaired) electrons. The Kier molecular flexibility index (Phi) is 3.86. The summed E-state index contributed by atoms with van der Waals surface area (Å²) in [6.07, 6.45) is 3.24. The minimum absolute atomic E-state index is 0.0147. The van der Waals surface area contributed by atoms with Crippen LogP contribution in [0.4, 0.5) is 5.69 Å². The van der Waals surface area contributed by atoms with E-state index in [2.05, 4.69) is 10.3 Å². The van der Waals surface area contributed by atoms with Crippen LogP contribution in [-0.4, -0.2) is 26.5 Å². The fourth-order valence-electron chi connectivity index (χ4n) is 1.79. The fourth-order valence-corrected chi connectivity index (χ4v) is 1.79. The van der Waals surface area contributed by atoms with Crippen LogP contribution in [0.3, 0.4) is 0 Å². The van der Waals surface area contributed by atoms with Crippen molar-refractivity contribution in [3.8, 4) is 5.69 Å². The maximum atomic E-state index is 11.0. The molecule has 0 saturated carbocycles. The van der Waals surface area contributed by atoms with Crippen LogP contribution in [0.1, 0.15) is 17.7 Å². The number of nitrogens with zero attached hydrogens (tertiary/aromatic N) is 4. The molecular formula is C12H15N5O2. The van der Waals surface area contributed by atoms with E-state index in [-0.39, 0.29) is 5.69 Å². The quantitative estimate of drug-likeness (QED) is 0.647. The van der Waals surface area contributed by atoms with Crippen molar-refractivity contribution in [3.05, 3.63) is 45.8 Å². The molecule has 1 heterocycles. The van der Waals surface area contributed by atoms with Gasteiger partial charge in [-0.3, -0.25) is 10.1 Å². The van der Waals surface area contributed by atoms with E-state index in [0.29, 0.717) is 12.2 Å². The van der Waals surface area contributed by atoms with E-state index in [1.54, 1.807) is 18.3 Å². The van der Waals surface area contributed by atoms with Crippen LogP contribution in [0.25, 0.3) is 5.69 Å². The summed E-state index contributed by atoms with van der Waals surface area (Å²) in [6.45, 7) is 2.46. The Morgan fingerprint density at radius 2 is 2.26 bits per heavy atom. The number of nitro groups is 1. The van der Waals surface area contributed by atoms with Crippen molar-refractivity contribution >= 4 is 5.69 Å². The lowest BCUT2D eigenvalue weighted by molar-refractivity contribution is -0.384. The molecular weight excluding hydrogens is 246 g/mol. The van der Waals surface area contributed by atoms with Gasteiger partial charge in [0.05, 0.1) is 16.8 Å². The zero-order valence-corrected chi connectivity index (χ0v) is 10.6. The van der Waals surface area contributed by atoms with Crippen molar-refractivity contribution in [3.63, 3.8) is 0 Å². The second-order valence-electron chi connectivity index (χ2n) is 4.30. The average molecular weight is 261 g/mol. The van der Waals surface area contributed by atoms with Gasteiger partial charge in [-0.25, -0.2) is 4.68 Å². The van der Waals surface area contributed by atoms with E-state index in [9.17, 15) is 10.1 Å². The zero-order valence-electron chi connectivity index (χ0n) is 10.6.